The Bertz CT molecular complexity index is 736. The second kappa shape index (κ2) is 7.85. The Morgan fingerprint density at radius 2 is 2.00 bits per heavy atom. The van der Waals surface area contributed by atoms with E-state index in [2.05, 4.69) is 10.3 Å². The topological polar surface area (TPSA) is 62.2 Å². The van der Waals surface area contributed by atoms with Crippen LogP contribution in [0.1, 0.15) is 64.0 Å². The fourth-order valence-corrected chi connectivity index (χ4v) is 3.92. The molecule has 0 aliphatic heterocycles. The number of carbonyl (C=O) groups is 1. The van der Waals surface area contributed by atoms with E-state index in [1.807, 2.05) is 38.1 Å². The van der Waals surface area contributed by atoms with Crippen LogP contribution in [0.2, 0.25) is 0 Å². The number of aromatic hydroxyl groups is 1. The Hall–Kier alpha value is -2.10. The Kier molecular flexibility index (Phi) is 5.57. The van der Waals surface area contributed by atoms with Crippen molar-refractivity contribution in [2.75, 3.05) is 0 Å². The third-order valence-electron chi connectivity index (χ3n) is 5.15. The highest BCUT2D eigenvalue weighted by molar-refractivity contribution is 5.86. The van der Waals surface area contributed by atoms with E-state index < -0.39 is 0 Å². The van der Waals surface area contributed by atoms with E-state index >= 15 is 0 Å². The third kappa shape index (κ3) is 4.12. The van der Waals surface area contributed by atoms with Crippen LogP contribution >= 0.6 is 0 Å². The molecule has 2 aromatic rings. The summed E-state index contributed by atoms with van der Waals surface area (Å²) in [6.07, 6.45) is 8.02. The summed E-state index contributed by atoms with van der Waals surface area (Å²) in [7, 11) is 0. The monoisotopic (exact) mass is 340 g/mol. The summed E-state index contributed by atoms with van der Waals surface area (Å²) in [6.45, 7) is 4.10. The highest BCUT2D eigenvalue weighted by atomic mass is 16.3. The van der Waals surface area contributed by atoms with Gasteiger partial charge < -0.3 is 10.4 Å². The molecule has 0 spiro atoms. The van der Waals surface area contributed by atoms with Gasteiger partial charge in [0.2, 0.25) is 5.91 Å². The molecule has 1 fully saturated rings. The van der Waals surface area contributed by atoms with E-state index in [1.54, 1.807) is 6.20 Å². The largest absolute Gasteiger partial charge is 0.505 e. The van der Waals surface area contributed by atoms with E-state index in [4.69, 9.17) is 0 Å². The smallest absolute Gasteiger partial charge is 0.220 e. The van der Waals surface area contributed by atoms with E-state index in [0.29, 0.717) is 23.8 Å². The van der Waals surface area contributed by atoms with Gasteiger partial charge in [-0.2, -0.15) is 0 Å². The quantitative estimate of drug-likeness (QED) is 0.827. The highest BCUT2D eigenvalue weighted by Crippen LogP contribution is 2.40. The lowest BCUT2D eigenvalue weighted by molar-refractivity contribution is -0.123. The first-order valence-electron chi connectivity index (χ1n) is 9.42. The van der Waals surface area contributed by atoms with Crippen molar-refractivity contribution in [1.29, 1.82) is 0 Å². The summed E-state index contributed by atoms with van der Waals surface area (Å²) in [5, 5.41) is 15.0. The zero-order valence-corrected chi connectivity index (χ0v) is 15.2. The minimum absolute atomic E-state index is 0.0612. The lowest BCUT2D eigenvalue weighted by Crippen LogP contribution is -2.35. The second-order valence-corrected chi connectivity index (χ2v) is 7.62. The standard InChI is InChI=1S/C21H28N2O2/c1-14(2)13-18(24)23-19(15-7-4-3-5-8-15)17-11-10-16-9-6-12-22-20(16)21(17)25/h6,9-12,14-15,19,25H,3-5,7-8,13H2,1-2H3,(H,23,24). The van der Waals surface area contributed by atoms with Crippen molar-refractivity contribution in [1.82, 2.24) is 10.3 Å². The first kappa shape index (κ1) is 17.7. The summed E-state index contributed by atoms with van der Waals surface area (Å²) in [6, 6.07) is 7.61. The number of fused-ring (bicyclic) bond motifs is 1. The summed E-state index contributed by atoms with van der Waals surface area (Å²) < 4.78 is 0. The van der Waals surface area contributed by atoms with E-state index in [1.165, 1.54) is 19.3 Å². The maximum absolute atomic E-state index is 12.4. The van der Waals surface area contributed by atoms with Gasteiger partial charge in [0.15, 0.2) is 0 Å². The molecule has 134 valence electrons. The molecule has 1 aliphatic carbocycles. The molecule has 0 bridgehead atoms. The summed E-state index contributed by atoms with van der Waals surface area (Å²) >= 11 is 0. The Morgan fingerprint density at radius 1 is 1.24 bits per heavy atom. The van der Waals surface area contributed by atoms with Gasteiger partial charge >= 0.3 is 0 Å². The number of pyridine rings is 1. The van der Waals surface area contributed by atoms with E-state index in [-0.39, 0.29) is 17.7 Å². The third-order valence-corrected chi connectivity index (χ3v) is 5.15. The van der Waals surface area contributed by atoms with Gasteiger partial charge in [-0.15, -0.1) is 0 Å². The van der Waals surface area contributed by atoms with Crippen molar-refractivity contribution in [3.63, 3.8) is 0 Å². The average molecular weight is 340 g/mol. The first-order valence-corrected chi connectivity index (χ1v) is 9.42. The highest BCUT2D eigenvalue weighted by Gasteiger charge is 2.29. The number of nitrogens with zero attached hydrogens (tertiary/aromatic N) is 1. The lowest BCUT2D eigenvalue weighted by atomic mass is 9.80. The van der Waals surface area contributed by atoms with Crippen molar-refractivity contribution < 1.29 is 9.90 Å². The van der Waals surface area contributed by atoms with Gasteiger partial charge in [-0.1, -0.05) is 51.3 Å². The Balaban J connectivity index is 1.95. The molecule has 3 rings (SSSR count). The summed E-state index contributed by atoms with van der Waals surface area (Å²) in [4.78, 5) is 16.8. The van der Waals surface area contributed by atoms with Crippen LogP contribution in [0.4, 0.5) is 0 Å². The van der Waals surface area contributed by atoms with Crippen molar-refractivity contribution in [2.24, 2.45) is 11.8 Å². The molecular formula is C21H28N2O2. The van der Waals surface area contributed by atoms with Crippen LogP contribution in [0.15, 0.2) is 30.5 Å². The van der Waals surface area contributed by atoms with Crippen molar-refractivity contribution in [2.45, 2.75) is 58.4 Å². The number of phenolic OH excluding ortho intramolecular Hbond substituents is 1. The van der Waals surface area contributed by atoms with Crippen molar-refractivity contribution >= 4 is 16.8 Å². The predicted octanol–water partition coefficient (Wildman–Crippen LogP) is 4.72. The fourth-order valence-electron chi connectivity index (χ4n) is 3.92. The van der Waals surface area contributed by atoms with Crippen LogP contribution in [-0.4, -0.2) is 16.0 Å². The van der Waals surface area contributed by atoms with Gasteiger partial charge in [-0.3, -0.25) is 9.78 Å². The SMILES string of the molecule is CC(C)CC(=O)NC(c1ccc2cccnc2c1O)C1CCCCC1. The Labute approximate surface area is 149 Å². The van der Waals surface area contributed by atoms with Crippen LogP contribution in [0.3, 0.4) is 0 Å². The molecule has 4 nitrogen and oxygen atoms in total. The van der Waals surface area contributed by atoms with E-state index in [0.717, 1.165) is 23.8 Å². The van der Waals surface area contributed by atoms with Crippen LogP contribution in [0.25, 0.3) is 10.9 Å². The molecule has 1 unspecified atom stereocenters. The predicted molar refractivity (Wildman–Crippen MR) is 100 cm³/mol. The molecule has 1 atom stereocenters. The zero-order chi connectivity index (χ0) is 17.8. The minimum Gasteiger partial charge on any atom is -0.505 e. The second-order valence-electron chi connectivity index (χ2n) is 7.62. The number of amides is 1. The molecule has 4 heteroatoms. The number of hydrogen-bond donors (Lipinski definition) is 2. The van der Waals surface area contributed by atoms with Gasteiger partial charge in [0.25, 0.3) is 0 Å². The molecule has 2 N–H and O–H groups in total. The van der Waals surface area contributed by atoms with Gasteiger partial charge in [0.05, 0.1) is 6.04 Å². The zero-order valence-electron chi connectivity index (χ0n) is 15.2. The number of rotatable bonds is 5. The Morgan fingerprint density at radius 3 is 2.72 bits per heavy atom. The normalized spacial score (nSPS) is 16.9. The van der Waals surface area contributed by atoms with Gasteiger partial charge in [0, 0.05) is 23.6 Å². The van der Waals surface area contributed by atoms with Crippen molar-refractivity contribution in [3.05, 3.63) is 36.0 Å². The number of carbonyl (C=O) groups excluding carboxylic acids is 1. The number of phenols is 1. The molecule has 1 aromatic carbocycles. The van der Waals surface area contributed by atoms with E-state index in [9.17, 15) is 9.90 Å². The molecule has 1 heterocycles. The van der Waals surface area contributed by atoms with Gasteiger partial charge in [0.1, 0.15) is 11.3 Å². The molecule has 0 saturated heterocycles. The average Bonchev–Trinajstić information content (AvgIpc) is 2.61. The molecule has 1 aliphatic rings. The number of aromatic nitrogens is 1. The van der Waals surface area contributed by atoms with Crippen LogP contribution < -0.4 is 5.32 Å². The van der Waals surface area contributed by atoms with Crippen LogP contribution in [0, 0.1) is 11.8 Å². The first-order chi connectivity index (χ1) is 12.1. The van der Waals surface area contributed by atoms with Gasteiger partial charge in [-0.05, 0) is 30.7 Å². The molecule has 1 saturated carbocycles. The minimum atomic E-state index is -0.141. The van der Waals surface area contributed by atoms with Gasteiger partial charge in [-0.25, -0.2) is 0 Å². The molecule has 0 radical (unpaired) electrons. The summed E-state index contributed by atoms with van der Waals surface area (Å²) in [5.74, 6) is 0.959. The van der Waals surface area contributed by atoms with Crippen LogP contribution in [0.5, 0.6) is 5.75 Å². The van der Waals surface area contributed by atoms with Crippen LogP contribution in [-0.2, 0) is 4.79 Å². The molecular weight excluding hydrogens is 312 g/mol. The fraction of sp³-hybridized carbons (Fsp3) is 0.524. The number of nitrogens with one attached hydrogen (secondary N) is 1. The molecule has 25 heavy (non-hydrogen) atoms. The molecule has 1 aromatic heterocycles. The summed E-state index contributed by atoms with van der Waals surface area (Å²) in [5.41, 5.74) is 1.41. The number of hydrogen-bond acceptors (Lipinski definition) is 3. The number of benzene rings is 1. The molecule has 1 amide bonds. The maximum Gasteiger partial charge on any atom is 0.220 e. The maximum atomic E-state index is 12.4. The lowest BCUT2D eigenvalue weighted by Gasteiger charge is -2.32. The van der Waals surface area contributed by atoms with Crippen molar-refractivity contribution in [3.8, 4) is 5.75 Å².